The third-order valence-electron chi connectivity index (χ3n) is 4.52. The maximum Gasteiger partial charge on any atom is 0.228 e. The van der Waals surface area contributed by atoms with Crippen molar-refractivity contribution >= 4 is 11.6 Å². The summed E-state index contributed by atoms with van der Waals surface area (Å²) in [6, 6.07) is 17.3. The van der Waals surface area contributed by atoms with Crippen molar-refractivity contribution in [3.05, 3.63) is 77.9 Å². The molecule has 0 aliphatic rings. The average Bonchev–Trinajstić information content (AvgIpc) is 3.33. The summed E-state index contributed by atoms with van der Waals surface area (Å²) in [7, 11) is 0. The van der Waals surface area contributed by atoms with Gasteiger partial charge < -0.3 is 5.32 Å². The highest BCUT2D eigenvalue weighted by Crippen LogP contribution is 2.19. The Kier molecular flexibility index (Phi) is 4.67. The van der Waals surface area contributed by atoms with Gasteiger partial charge in [-0.15, -0.1) is 5.10 Å². The molecule has 28 heavy (non-hydrogen) atoms. The first-order chi connectivity index (χ1) is 13.6. The van der Waals surface area contributed by atoms with Gasteiger partial charge in [0.2, 0.25) is 5.91 Å². The molecular weight excluding hydrogens is 354 g/mol. The quantitative estimate of drug-likeness (QED) is 0.581. The number of rotatable bonds is 5. The molecule has 0 saturated heterocycles. The molecule has 140 valence electrons. The fourth-order valence-electron chi connectivity index (χ4n) is 3.12. The maximum absolute atomic E-state index is 12.6. The summed E-state index contributed by atoms with van der Waals surface area (Å²) in [6.45, 7) is 3.90. The van der Waals surface area contributed by atoms with Gasteiger partial charge in [0.15, 0.2) is 0 Å². The normalized spacial score (nSPS) is 10.8. The zero-order valence-corrected chi connectivity index (χ0v) is 15.6. The van der Waals surface area contributed by atoms with Gasteiger partial charge in [0.1, 0.15) is 6.33 Å². The highest BCUT2D eigenvalue weighted by atomic mass is 16.1. The molecule has 8 nitrogen and oxygen atoms in total. The van der Waals surface area contributed by atoms with Crippen molar-refractivity contribution in [1.82, 2.24) is 30.0 Å². The number of benzene rings is 2. The maximum atomic E-state index is 12.6. The number of nitrogens with one attached hydrogen (secondary N) is 1. The van der Waals surface area contributed by atoms with Crippen LogP contribution in [0.4, 0.5) is 5.69 Å². The molecule has 0 aliphatic carbocycles. The van der Waals surface area contributed by atoms with Gasteiger partial charge >= 0.3 is 0 Å². The standard InChI is InChI=1S/C20H19N7O/c1-14-19(15(2)27(23-14)17-8-4-3-5-9-17)12-20(28)22-16-7-6-10-18(11-16)26-13-21-24-25-26/h3-11,13H,12H2,1-2H3,(H,22,28). The molecule has 2 aromatic heterocycles. The van der Waals surface area contributed by atoms with E-state index in [-0.39, 0.29) is 12.3 Å². The summed E-state index contributed by atoms with van der Waals surface area (Å²) in [4.78, 5) is 12.6. The number of amides is 1. The lowest BCUT2D eigenvalue weighted by Crippen LogP contribution is -2.15. The molecule has 0 fully saturated rings. The monoisotopic (exact) mass is 373 g/mol. The minimum absolute atomic E-state index is 0.104. The molecule has 4 rings (SSSR count). The van der Waals surface area contributed by atoms with Crippen LogP contribution in [-0.4, -0.2) is 35.9 Å². The molecule has 0 aliphatic heterocycles. The number of carbonyl (C=O) groups is 1. The molecule has 4 aromatic rings. The molecule has 8 heteroatoms. The topological polar surface area (TPSA) is 90.5 Å². The number of aromatic nitrogens is 6. The van der Waals surface area contributed by atoms with Crippen molar-refractivity contribution < 1.29 is 4.79 Å². The molecule has 0 saturated carbocycles. The van der Waals surface area contributed by atoms with Gasteiger partial charge in [-0.1, -0.05) is 24.3 Å². The van der Waals surface area contributed by atoms with Crippen LogP contribution >= 0.6 is 0 Å². The Bertz CT molecular complexity index is 1100. The van der Waals surface area contributed by atoms with Crippen molar-refractivity contribution in [3.63, 3.8) is 0 Å². The second-order valence-electron chi connectivity index (χ2n) is 6.43. The van der Waals surface area contributed by atoms with Crippen LogP contribution in [0.5, 0.6) is 0 Å². The van der Waals surface area contributed by atoms with Crippen LogP contribution in [0.1, 0.15) is 17.0 Å². The van der Waals surface area contributed by atoms with E-state index in [0.717, 1.165) is 28.3 Å². The number of aryl methyl sites for hydroxylation is 1. The van der Waals surface area contributed by atoms with Crippen molar-refractivity contribution in [1.29, 1.82) is 0 Å². The van der Waals surface area contributed by atoms with Crippen molar-refractivity contribution in [2.45, 2.75) is 20.3 Å². The van der Waals surface area contributed by atoms with Crippen LogP contribution in [0.25, 0.3) is 11.4 Å². The van der Waals surface area contributed by atoms with Gasteiger partial charge in [0.05, 0.1) is 23.5 Å². The molecule has 1 N–H and O–H groups in total. The third kappa shape index (κ3) is 3.52. The van der Waals surface area contributed by atoms with Crippen LogP contribution in [0.2, 0.25) is 0 Å². The van der Waals surface area contributed by atoms with E-state index in [1.54, 1.807) is 0 Å². The first-order valence-corrected chi connectivity index (χ1v) is 8.85. The number of nitrogens with zero attached hydrogens (tertiary/aromatic N) is 6. The molecule has 0 spiro atoms. The molecule has 1 amide bonds. The summed E-state index contributed by atoms with van der Waals surface area (Å²) in [5, 5.41) is 18.7. The SMILES string of the molecule is Cc1nn(-c2ccccc2)c(C)c1CC(=O)Nc1cccc(-n2cnnn2)c1. The second-order valence-corrected chi connectivity index (χ2v) is 6.43. The van der Waals surface area contributed by atoms with Gasteiger partial charge in [-0.05, 0) is 54.6 Å². The lowest BCUT2D eigenvalue weighted by Gasteiger charge is -2.08. The number of hydrogen-bond donors (Lipinski definition) is 1. The number of anilines is 1. The van der Waals surface area contributed by atoms with Crippen molar-refractivity contribution in [2.24, 2.45) is 0 Å². The van der Waals surface area contributed by atoms with E-state index in [1.807, 2.05) is 73.1 Å². The van der Waals surface area contributed by atoms with Gasteiger partial charge in [0, 0.05) is 16.9 Å². The number of hydrogen-bond acceptors (Lipinski definition) is 5. The van der Waals surface area contributed by atoms with E-state index in [4.69, 9.17) is 0 Å². The van der Waals surface area contributed by atoms with Crippen LogP contribution in [0, 0.1) is 13.8 Å². The minimum atomic E-state index is -0.104. The molecule has 2 heterocycles. The largest absolute Gasteiger partial charge is 0.326 e. The van der Waals surface area contributed by atoms with Gasteiger partial charge in [0.25, 0.3) is 0 Å². The van der Waals surface area contributed by atoms with Crippen molar-refractivity contribution in [3.8, 4) is 11.4 Å². The fraction of sp³-hybridized carbons (Fsp3) is 0.150. The van der Waals surface area contributed by atoms with Gasteiger partial charge in [-0.3, -0.25) is 4.79 Å². The highest BCUT2D eigenvalue weighted by Gasteiger charge is 2.16. The lowest BCUT2D eigenvalue weighted by atomic mass is 10.1. The number of para-hydroxylation sites is 1. The smallest absolute Gasteiger partial charge is 0.228 e. The zero-order chi connectivity index (χ0) is 19.5. The van der Waals surface area contributed by atoms with E-state index < -0.39 is 0 Å². The second kappa shape index (κ2) is 7.43. The van der Waals surface area contributed by atoms with E-state index in [1.165, 1.54) is 11.0 Å². The minimum Gasteiger partial charge on any atom is -0.326 e. The van der Waals surface area contributed by atoms with Crippen LogP contribution in [0.3, 0.4) is 0 Å². The summed E-state index contributed by atoms with van der Waals surface area (Å²) in [6.07, 6.45) is 1.76. The van der Waals surface area contributed by atoms with Crippen LogP contribution < -0.4 is 5.32 Å². The van der Waals surface area contributed by atoms with Crippen molar-refractivity contribution in [2.75, 3.05) is 5.32 Å². The molecule has 2 aromatic carbocycles. The van der Waals surface area contributed by atoms with Crippen LogP contribution in [-0.2, 0) is 11.2 Å². The summed E-state index contributed by atoms with van der Waals surface area (Å²) in [5.41, 5.74) is 5.16. The Morgan fingerprint density at radius 2 is 1.82 bits per heavy atom. The van der Waals surface area contributed by atoms with E-state index in [9.17, 15) is 4.79 Å². The Balaban J connectivity index is 1.52. The first-order valence-electron chi connectivity index (χ1n) is 8.85. The fourth-order valence-corrected chi connectivity index (χ4v) is 3.12. The predicted molar refractivity (Wildman–Crippen MR) is 105 cm³/mol. The first kappa shape index (κ1) is 17.6. The average molecular weight is 373 g/mol. The van der Waals surface area contributed by atoms with E-state index >= 15 is 0 Å². The number of tetrazole rings is 1. The molecule has 0 bridgehead atoms. The number of carbonyl (C=O) groups excluding carboxylic acids is 1. The Morgan fingerprint density at radius 1 is 1.04 bits per heavy atom. The molecular formula is C20H19N7O. The third-order valence-corrected chi connectivity index (χ3v) is 4.52. The molecule has 0 atom stereocenters. The Hall–Kier alpha value is -3.81. The Morgan fingerprint density at radius 3 is 2.57 bits per heavy atom. The Labute approximate surface area is 161 Å². The summed E-state index contributed by atoms with van der Waals surface area (Å²) < 4.78 is 3.41. The molecule has 0 unspecified atom stereocenters. The van der Waals surface area contributed by atoms with Gasteiger partial charge in [-0.2, -0.15) is 5.10 Å². The predicted octanol–water partition coefficient (Wildman–Crippen LogP) is 2.65. The summed E-state index contributed by atoms with van der Waals surface area (Å²) in [5.74, 6) is -0.104. The summed E-state index contributed by atoms with van der Waals surface area (Å²) >= 11 is 0. The highest BCUT2D eigenvalue weighted by molar-refractivity contribution is 5.92. The zero-order valence-electron chi connectivity index (χ0n) is 15.6. The van der Waals surface area contributed by atoms with Crippen LogP contribution in [0.15, 0.2) is 60.9 Å². The molecule has 0 radical (unpaired) electrons. The van der Waals surface area contributed by atoms with Gasteiger partial charge in [-0.25, -0.2) is 9.36 Å². The lowest BCUT2D eigenvalue weighted by molar-refractivity contribution is -0.115. The van der Waals surface area contributed by atoms with E-state index in [0.29, 0.717) is 5.69 Å². The van der Waals surface area contributed by atoms with E-state index in [2.05, 4.69) is 25.9 Å².